The average Bonchev–Trinajstić information content (AvgIpc) is 1.55. The molecule has 84 heavy (non-hydrogen) atoms. The fourth-order valence-corrected chi connectivity index (χ4v) is 18.8. The van der Waals surface area contributed by atoms with E-state index in [1.165, 1.54) is 139 Å². The van der Waals surface area contributed by atoms with Crippen molar-refractivity contribution in [3.63, 3.8) is 0 Å². The molecule has 1 aromatic heterocycles. The van der Waals surface area contributed by atoms with Gasteiger partial charge >= 0.3 is 0 Å². The summed E-state index contributed by atoms with van der Waals surface area (Å²) in [5.74, 6) is 1.29. The molecule has 0 bridgehead atoms. The van der Waals surface area contributed by atoms with Crippen LogP contribution in [0.25, 0.3) is 11.0 Å². The lowest BCUT2D eigenvalue weighted by atomic mass is 9.31. The highest BCUT2D eigenvalue weighted by Crippen LogP contribution is 2.65. The van der Waals surface area contributed by atoms with Crippen LogP contribution in [0.4, 0.5) is 45.5 Å². The van der Waals surface area contributed by atoms with Gasteiger partial charge in [-0.15, -0.1) is 0 Å². The number of hydrogen-bond acceptors (Lipinski definition) is 5. The van der Waals surface area contributed by atoms with E-state index in [1.807, 2.05) is 0 Å². The number of anilines is 8. The van der Waals surface area contributed by atoms with E-state index >= 15 is 0 Å². The number of rotatable bonds is 4. The van der Waals surface area contributed by atoms with E-state index in [1.54, 1.807) is 0 Å². The van der Waals surface area contributed by atoms with Crippen molar-refractivity contribution in [3.05, 3.63) is 190 Å². The van der Waals surface area contributed by atoms with Gasteiger partial charge in [-0.3, -0.25) is 0 Å². The molecular weight excluding hydrogens is 1020 g/mol. The Morgan fingerprint density at radius 2 is 1.19 bits per heavy atom. The summed E-state index contributed by atoms with van der Waals surface area (Å²) in [6.45, 7) is 32.0. The summed E-state index contributed by atoms with van der Waals surface area (Å²) >= 11 is 0. The molecule has 10 aliphatic rings. The third-order valence-corrected chi connectivity index (χ3v) is 23.8. The Morgan fingerprint density at radius 1 is 0.571 bits per heavy atom. The first-order valence-electron chi connectivity index (χ1n) is 32.5. The number of nitrogens with zero attached hydrogens (tertiary/aromatic N) is 4. The summed E-state index contributed by atoms with van der Waals surface area (Å²) in [5, 5.41) is 1.20. The van der Waals surface area contributed by atoms with E-state index in [9.17, 15) is 0 Å². The van der Waals surface area contributed by atoms with Crippen LogP contribution < -0.4 is 30.5 Å². The predicted octanol–water partition coefficient (Wildman–Crippen LogP) is 19.0. The van der Waals surface area contributed by atoms with Gasteiger partial charge in [-0.05, 0) is 161 Å². The first kappa shape index (κ1) is 52.9. The zero-order chi connectivity index (χ0) is 58.0. The monoisotopic (exact) mass is 1110 g/mol. The van der Waals surface area contributed by atoms with Crippen molar-refractivity contribution in [2.24, 2.45) is 11.3 Å². The maximum absolute atomic E-state index is 7.15. The number of benzene rings is 5. The fourth-order valence-electron chi connectivity index (χ4n) is 18.8. The lowest BCUT2D eigenvalue weighted by Crippen LogP contribution is -2.62. The number of para-hydroxylation sites is 1. The van der Waals surface area contributed by atoms with Crippen LogP contribution >= 0.6 is 0 Å². The van der Waals surface area contributed by atoms with Crippen molar-refractivity contribution in [2.75, 3.05) is 19.6 Å². The molecule has 2 fully saturated rings. The van der Waals surface area contributed by atoms with Gasteiger partial charge in [-0.2, -0.15) is 0 Å². The molecule has 6 aromatic rings. The number of fused-ring (bicyclic) bond motifs is 15. The second-order valence-corrected chi connectivity index (χ2v) is 31.3. The lowest BCUT2D eigenvalue weighted by molar-refractivity contribution is 0.195. The molecule has 6 heteroatoms. The third kappa shape index (κ3) is 6.98. The molecule has 0 spiro atoms. The normalized spacial score (nSPS) is 29.6. The van der Waals surface area contributed by atoms with Crippen molar-refractivity contribution < 1.29 is 4.42 Å². The molecule has 5 aromatic carbocycles. The van der Waals surface area contributed by atoms with Gasteiger partial charge in [0, 0.05) is 61.9 Å². The molecule has 8 atom stereocenters. The summed E-state index contributed by atoms with van der Waals surface area (Å²) in [6.07, 6.45) is 34.4. The Balaban J connectivity index is 1.00. The van der Waals surface area contributed by atoms with Gasteiger partial charge in [0.2, 0.25) is 6.71 Å². The Labute approximate surface area is 502 Å². The molecular formula is C78H87BN4O. The van der Waals surface area contributed by atoms with Gasteiger partial charge in [0.05, 0.1) is 34.8 Å². The van der Waals surface area contributed by atoms with Crippen LogP contribution in [-0.2, 0) is 21.7 Å². The zero-order valence-corrected chi connectivity index (χ0v) is 52.5. The lowest BCUT2D eigenvalue weighted by Gasteiger charge is -2.53. The van der Waals surface area contributed by atoms with Crippen LogP contribution in [0.5, 0.6) is 0 Å². The molecule has 6 heterocycles. The topological polar surface area (TPSA) is 26.1 Å². The van der Waals surface area contributed by atoms with Gasteiger partial charge < -0.3 is 24.0 Å². The fraction of sp³-hybridized carbons (Fsp3) is 0.436. The minimum atomic E-state index is -0.156. The summed E-state index contributed by atoms with van der Waals surface area (Å²) in [7, 11) is 0. The smallest absolute Gasteiger partial charge is 0.247 e. The van der Waals surface area contributed by atoms with E-state index in [0.717, 1.165) is 37.0 Å². The van der Waals surface area contributed by atoms with Crippen molar-refractivity contribution in [1.29, 1.82) is 0 Å². The Bertz CT molecular complexity index is 4030. The van der Waals surface area contributed by atoms with Crippen LogP contribution in [0.2, 0.25) is 0 Å². The molecule has 8 unspecified atom stereocenters. The quantitative estimate of drug-likeness (QED) is 0.164. The van der Waals surface area contributed by atoms with Crippen molar-refractivity contribution >= 4 is 74.1 Å². The second kappa shape index (κ2) is 17.5. The summed E-state index contributed by atoms with van der Waals surface area (Å²) in [5.41, 5.74) is 24.4. The van der Waals surface area contributed by atoms with E-state index < -0.39 is 0 Å². The van der Waals surface area contributed by atoms with Crippen molar-refractivity contribution in [3.8, 4) is 0 Å². The van der Waals surface area contributed by atoms with Gasteiger partial charge in [-0.1, -0.05) is 204 Å². The molecule has 0 saturated heterocycles. The van der Waals surface area contributed by atoms with Gasteiger partial charge in [-0.25, -0.2) is 0 Å². The van der Waals surface area contributed by atoms with Crippen LogP contribution in [0.3, 0.4) is 0 Å². The molecule has 2 saturated carbocycles. The molecule has 5 aliphatic carbocycles. The third-order valence-electron chi connectivity index (χ3n) is 23.8. The van der Waals surface area contributed by atoms with Crippen LogP contribution in [0.1, 0.15) is 188 Å². The minimum Gasteiger partial charge on any atom is -0.458 e. The van der Waals surface area contributed by atoms with Crippen molar-refractivity contribution in [1.82, 2.24) is 0 Å². The average molecular weight is 1110 g/mol. The first-order chi connectivity index (χ1) is 40.0. The minimum absolute atomic E-state index is 0.0000220. The molecule has 5 aliphatic heterocycles. The highest BCUT2D eigenvalue weighted by Gasteiger charge is 2.61. The Morgan fingerprint density at radius 3 is 1.82 bits per heavy atom. The number of allylic oxidation sites excluding steroid dienone is 7. The molecule has 0 amide bonds. The highest BCUT2D eigenvalue weighted by atomic mass is 16.3. The van der Waals surface area contributed by atoms with Crippen LogP contribution in [-0.4, -0.2) is 29.9 Å². The van der Waals surface area contributed by atoms with Crippen LogP contribution in [0.15, 0.2) is 167 Å². The molecule has 5 nitrogen and oxygen atoms in total. The molecule has 0 radical (unpaired) electrons. The maximum Gasteiger partial charge on any atom is 0.247 e. The predicted molar refractivity (Wildman–Crippen MR) is 356 cm³/mol. The van der Waals surface area contributed by atoms with Gasteiger partial charge in [0.25, 0.3) is 0 Å². The molecule has 428 valence electrons. The van der Waals surface area contributed by atoms with Crippen LogP contribution in [0, 0.1) is 11.3 Å². The van der Waals surface area contributed by atoms with Gasteiger partial charge in [0.1, 0.15) is 11.3 Å². The number of furan rings is 1. The molecule has 16 rings (SSSR count). The van der Waals surface area contributed by atoms with E-state index in [2.05, 4.69) is 255 Å². The maximum atomic E-state index is 7.15. The van der Waals surface area contributed by atoms with E-state index in [0.29, 0.717) is 0 Å². The van der Waals surface area contributed by atoms with E-state index in [-0.39, 0.29) is 68.8 Å². The Kier molecular flexibility index (Phi) is 11.0. The largest absolute Gasteiger partial charge is 0.458 e. The summed E-state index contributed by atoms with van der Waals surface area (Å²) < 4.78 is 7.15. The second-order valence-electron chi connectivity index (χ2n) is 31.3. The Hall–Kier alpha value is -6.66. The van der Waals surface area contributed by atoms with Crippen molar-refractivity contribution in [2.45, 2.75) is 205 Å². The number of hydrogen-bond donors (Lipinski definition) is 0. The summed E-state index contributed by atoms with van der Waals surface area (Å²) in [4.78, 5) is 11.4. The van der Waals surface area contributed by atoms with E-state index in [4.69, 9.17) is 4.42 Å². The molecule has 0 N–H and O–H groups in total. The SMILES string of the molecule is CC(C)(C)C1=CC(C2=CCCC=C2)C(N2c3cc(N4c5ccc(C(C)(C)C)cc5C5(C)CCCCC45C)ccc3B3C4=CC=CC5c6oc7ccccc7c6N(c6cc(N7c8ccc(C(C)(C)C)cc8C8(C)CCCCC78C)cc2c63)C45)C=C1. The highest BCUT2D eigenvalue weighted by molar-refractivity contribution is 6.95. The summed E-state index contributed by atoms with van der Waals surface area (Å²) in [6, 6.07) is 37.3. The standard InChI is InChI=1S/C78H87BN4O/c1-72(2,3)49-30-35-61(56(42-49)48-24-15-14-16-25-48)80-64-45-52(82-62-36-31-50(73(4,5)6)43-57(62)75(10)38-19-21-40-77(75,82)12)33-34-59(64)79-60-28-23-27-55-69(60)81(70-54-26-17-18-29-67(54)84-71(55)70)66-47-53(46-65(80)68(66)79)83-63-37-32-51(74(7,8)9)44-58(63)76(11)39-20-22-41-78(76,83)13/h15,17-18,23-37,42-47,55-56,61,69H,14,16,19-22,38-41H2,1-13H3. The zero-order valence-electron chi connectivity index (χ0n) is 52.5. The first-order valence-corrected chi connectivity index (χ1v) is 32.5. The van der Waals surface area contributed by atoms with Gasteiger partial charge in [0.15, 0.2) is 0 Å².